The smallest absolute Gasteiger partial charge is 0.258 e. The minimum atomic E-state index is -3.72. The molecule has 0 aliphatic rings. The molecule has 11 nitrogen and oxygen atoms in total. The van der Waals surface area contributed by atoms with Crippen LogP contribution in [0.15, 0.2) is 18.2 Å². The van der Waals surface area contributed by atoms with Crippen molar-refractivity contribution in [3.05, 3.63) is 48.5 Å². The number of benzene rings is 1. The molecule has 1 aromatic carbocycles. The van der Waals surface area contributed by atoms with Crippen LogP contribution in [0, 0.1) is 30.3 Å². The maximum atomic E-state index is 10.4. The van der Waals surface area contributed by atoms with Gasteiger partial charge in [-0.1, -0.05) is 0 Å². The molecule has 0 radical (unpaired) electrons. The summed E-state index contributed by atoms with van der Waals surface area (Å²) < 4.78 is 18.3. The average molecular weight is 348 g/mol. The van der Waals surface area contributed by atoms with Crippen LogP contribution in [0.4, 0.5) is 17.1 Å². The van der Waals surface area contributed by atoms with Gasteiger partial charge in [-0.05, 0) is 6.07 Å². The number of hydrogen-bond donors (Lipinski definition) is 0. The molecule has 0 amide bonds. The first-order valence-corrected chi connectivity index (χ1v) is 7.29. The van der Waals surface area contributed by atoms with Gasteiger partial charge in [-0.2, -0.15) is 8.42 Å². The molecule has 1 rings (SSSR count). The number of nitrogens with zero attached hydrogens (tertiary/aromatic N) is 3. The van der Waals surface area contributed by atoms with E-state index >= 15 is 0 Å². The molecule has 14 heteroatoms. The topological polar surface area (TPSA) is 164 Å². The zero-order valence-corrected chi connectivity index (χ0v) is 11.3. The number of rotatable bonds is 3. The van der Waals surface area contributed by atoms with Crippen LogP contribution in [0.1, 0.15) is 0 Å². The van der Waals surface area contributed by atoms with E-state index in [4.69, 9.17) is 8.42 Å². The van der Waals surface area contributed by atoms with E-state index in [1.807, 2.05) is 0 Å². The Morgan fingerprint density at radius 2 is 1.15 bits per heavy atom. The van der Waals surface area contributed by atoms with Crippen LogP contribution in [0.2, 0.25) is 0 Å². The van der Waals surface area contributed by atoms with Crippen LogP contribution in [0.3, 0.4) is 0 Å². The van der Waals surface area contributed by atoms with E-state index in [2.05, 4.69) is 21.4 Å². The molecule has 0 saturated carbocycles. The molecule has 0 aliphatic heterocycles. The molecule has 0 heterocycles. The summed E-state index contributed by atoms with van der Waals surface area (Å²) in [6.45, 7) is 0. The van der Waals surface area contributed by atoms with Gasteiger partial charge in [0.1, 0.15) is 0 Å². The number of halogens is 2. The molecule has 0 fully saturated rings. The van der Waals surface area contributed by atoms with Gasteiger partial charge in [0.2, 0.25) is 0 Å². The van der Waals surface area contributed by atoms with Crippen LogP contribution < -0.4 is 0 Å². The van der Waals surface area contributed by atoms with Crippen molar-refractivity contribution in [3.63, 3.8) is 0 Å². The fourth-order valence-corrected chi connectivity index (χ4v) is 1.00. The molecular formula is C6H3Cl2N3O8S. The highest BCUT2D eigenvalue weighted by Gasteiger charge is 2.34. The third-order valence-electron chi connectivity index (χ3n) is 1.57. The Morgan fingerprint density at radius 1 is 0.850 bits per heavy atom. The highest BCUT2D eigenvalue weighted by molar-refractivity contribution is 8.31. The van der Waals surface area contributed by atoms with Crippen LogP contribution in [-0.4, -0.2) is 23.2 Å². The Morgan fingerprint density at radius 3 is 1.35 bits per heavy atom. The summed E-state index contributed by atoms with van der Waals surface area (Å²) >= 11 is 0. The quantitative estimate of drug-likeness (QED) is 0.455. The first-order chi connectivity index (χ1) is 8.95. The van der Waals surface area contributed by atoms with Gasteiger partial charge in [0.25, 0.3) is 0 Å². The van der Waals surface area contributed by atoms with E-state index in [-0.39, 0.29) is 0 Å². The second-order valence-corrected chi connectivity index (χ2v) is 6.46. The molecule has 0 saturated heterocycles. The Kier molecular flexibility index (Phi) is 6.22. The summed E-state index contributed by atoms with van der Waals surface area (Å²) in [4.78, 5) is 28.0. The molecule has 0 unspecified atom stereocenters. The summed E-state index contributed by atoms with van der Waals surface area (Å²) in [5.41, 5.74) is -2.89. The molecule has 0 aliphatic carbocycles. The van der Waals surface area contributed by atoms with E-state index < -0.39 is 40.1 Å². The number of nitro benzene ring substituents is 3. The van der Waals surface area contributed by atoms with E-state index in [9.17, 15) is 30.3 Å². The Hall–Kier alpha value is -2.05. The zero-order valence-electron chi connectivity index (χ0n) is 9.00. The van der Waals surface area contributed by atoms with Gasteiger partial charge in [-0.15, -0.1) is 0 Å². The standard InChI is InChI=1S/C6H3N3O6.Cl2O2S/c10-7(11)4-2-1-3-5(8(12)13)6(4)9(14)15;1-5(2,3)4/h1-3H;. The van der Waals surface area contributed by atoms with Gasteiger partial charge < -0.3 is 0 Å². The molecule has 110 valence electrons. The van der Waals surface area contributed by atoms with E-state index in [0.717, 1.165) is 18.2 Å². The number of nitro groups is 3. The van der Waals surface area contributed by atoms with Crippen molar-refractivity contribution in [1.82, 2.24) is 0 Å². The van der Waals surface area contributed by atoms with E-state index in [1.165, 1.54) is 0 Å². The summed E-state index contributed by atoms with van der Waals surface area (Å²) in [6.07, 6.45) is 0. The van der Waals surface area contributed by atoms with Crippen molar-refractivity contribution >= 4 is 46.7 Å². The Bertz CT molecular complexity index is 620. The van der Waals surface area contributed by atoms with Crippen molar-refractivity contribution in [3.8, 4) is 0 Å². The largest absolute Gasteiger partial charge is 0.422 e. The maximum Gasteiger partial charge on any atom is 0.422 e. The van der Waals surface area contributed by atoms with Crippen molar-refractivity contribution < 1.29 is 23.2 Å². The summed E-state index contributed by atoms with van der Waals surface area (Å²) in [7, 11) is 4.81. The van der Waals surface area contributed by atoms with Gasteiger partial charge in [0, 0.05) is 33.5 Å². The van der Waals surface area contributed by atoms with E-state index in [0.29, 0.717) is 0 Å². The number of para-hydroxylation sites is 1. The Balaban J connectivity index is 0.000000621. The van der Waals surface area contributed by atoms with Gasteiger partial charge in [0.05, 0.1) is 14.8 Å². The van der Waals surface area contributed by atoms with Crippen molar-refractivity contribution in [1.29, 1.82) is 0 Å². The third-order valence-corrected chi connectivity index (χ3v) is 1.57. The summed E-state index contributed by atoms with van der Waals surface area (Å²) in [6, 6.07) is 2.69. The molecule has 0 spiro atoms. The first kappa shape index (κ1) is 17.9. The van der Waals surface area contributed by atoms with E-state index in [1.54, 1.807) is 0 Å². The fraction of sp³-hybridized carbons (Fsp3) is 0. The summed E-state index contributed by atoms with van der Waals surface area (Å²) in [5.74, 6) is 0. The molecule has 0 N–H and O–H groups in total. The lowest BCUT2D eigenvalue weighted by molar-refractivity contribution is -0.441. The number of hydrogen-bond acceptors (Lipinski definition) is 8. The molecule has 0 bridgehead atoms. The third kappa shape index (κ3) is 6.21. The molecule has 20 heavy (non-hydrogen) atoms. The lowest BCUT2D eigenvalue weighted by Crippen LogP contribution is -2.00. The van der Waals surface area contributed by atoms with Gasteiger partial charge in [-0.3, -0.25) is 30.3 Å². The van der Waals surface area contributed by atoms with Gasteiger partial charge in [0.15, 0.2) is 0 Å². The maximum absolute atomic E-state index is 10.4. The average Bonchev–Trinajstić information content (AvgIpc) is 2.25. The molecular weight excluding hydrogens is 345 g/mol. The second-order valence-electron chi connectivity index (χ2n) is 2.79. The van der Waals surface area contributed by atoms with Crippen LogP contribution in [0.5, 0.6) is 0 Å². The van der Waals surface area contributed by atoms with Crippen molar-refractivity contribution in [2.75, 3.05) is 0 Å². The van der Waals surface area contributed by atoms with Crippen molar-refractivity contribution in [2.45, 2.75) is 0 Å². The summed E-state index contributed by atoms with van der Waals surface area (Å²) in [5, 5.41) is 31.2. The monoisotopic (exact) mass is 347 g/mol. The van der Waals surface area contributed by atoms with Crippen LogP contribution in [-0.2, 0) is 8.26 Å². The lowest BCUT2D eigenvalue weighted by Gasteiger charge is -1.95. The predicted octanol–water partition coefficient (Wildman–Crippen LogP) is 2.12. The molecule has 0 atom stereocenters. The minimum Gasteiger partial charge on any atom is -0.258 e. The SMILES string of the molecule is O=S(=O)(Cl)Cl.O=[N+]([O-])c1cccc([N+](=O)[O-])c1[N+](=O)[O-]. The zero-order chi connectivity index (χ0) is 16.1. The minimum absolute atomic E-state index is 0.838. The molecule has 1 aromatic rings. The highest BCUT2D eigenvalue weighted by Crippen LogP contribution is 2.35. The van der Waals surface area contributed by atoms with Crippen molar-refractivity contribution in [2.24, 2.45) is 0 Å². The molecule has 0 aromatic heterocycles. The first-order valence-electron chi connectivity index (χ1n) is 4.15. The van der Waals surface area contributed by atoms with Gasteiger partial charge in [-0.25, -0.2) is 0 Å². The highest BCUT2D eigenvalue weighted by atomic mass is 36.0. The van der Waals surface area contributed by atoms with Crippen LogP contribution in [0.25, 0.3) is 0 Å². The normalized spacial score (nSPS) is 10.1. The fourth-order valence-electron chi connectivity index (χ4n) is 1.00. The Labute approximate surface area is 119 Å². The lowest BCUT2D eigenvalue weighted by atomic mass is 10.2. The van der Waals surface area contributed by atoms with Crippen LogP contribution >= 0.6 is 21.4 Å². The second kappa shape index (κ2) is 6.93. The predicted molar refractivity (Wildman–Crippen MR) is 67.0 cm³/mol. The van der Waals surface area contributed by atoms with Gasteiger partial charge >= 0.3 is 25.3 Å².